The number of nitrogens with two attached hydrogens (primary N) is 1. The van der Waals surface area contributed by atoms with Crippen molar-refractivity contribution in [2.75, 3.05) is 0 Å². The van der Waals surface area contributed by atoms with E-state index in [1.807, 2.05) is 20.2 Å². The van der Waals surface area contributed by atoms with Crippen LogP contribution in [0.3, 0.4) is 0 Å². The van der Waals surface area contributed by atoms with Gasteiger partial charge in [-0.2, -0.15) is 5.10 Å². The van der Waals surface area contributed by atoms with Crippen LogP contribution in [0, 0.1) is 6.92 Å². The van der Waals surface area contributed by atoms with Gasteiger partial charge in [0.15, 0.2) is 0 Å². The molecule has 0 bridgehead atoms. The molecule has 3 N–H and O–H groups in total. The van der Waals surface area contributed by atoms with Gasteiger partial charge in [-0.05, 0) is 25.3 Å². The second kappa shape index (κ2) is 2.56. The summed E-state index contributed by atoms with van der Waals surface area (Å²) >= 11 is 0. The maximum atomic E-state index is 9.25. The average molecular weight is 181 g/mol. The molecule has 1 aromatic rings. The topological polar surface area (TPSA) is 64.1 Å². The Labute approximate surface area is 77.4 Å². The van der Waals surface area contributed by atoms with E-state index in [0.717, 1.165) is 11.3 Å². The van der Waals surface area contributed by atoms with Crippen molar-refractivity contribution < 1.29 is 5.11 Å². The van der Waals surface area contributed by atoms with Gasteiger partial charge in [0.05, 0.1) is 23.5 Å². The molecule has 2 rings (SSSR count). The van der Waals surface area contributed by atoms with Gasteiger partial charge in [0.2, 0.25) is 0 Å². The summed E-state index contributed by atoms with van der Waals surface area (Å²) in [6.45, 7) is 2.00. The Balaban J connectivity index is 2.35. The molecule has 1 aliphatic rings. The molecular formula is C9H15N3O. The number of aliphatic hydroxyl groups excluding tert-OH is 1. The third kappa shape index (κ3) is 1.17. The highest BCUT2D eigenvalue weighted by atomic mass is 16.3. The minimum atomic E-state index is -0.352. The molecule has 1 saturated carbocycles. The monoisotopic (exact) mass is 181 g/mol. The van der Waals surface area contributed by atoms with Gasteiger partial charge < -0.3 is 10.8 Å². The minimum absolute atomic E-state index is 0.237. The number of aliphatic hydroxyl groups is 1. The van der Waals surface area contributed by atoms with Crippen LogP contribution in [0.1, 0.15) is 24.1 Å². The molecule has 0 saturated heterocycles. The summed E-state index contributed by atoms with van der Waals surface area (Å²) in [6, 6.07) is 0. The first-order valence-corrected chi connectivity index (χ1v) is 4.49. The molecule has 4 heteroatoms. The number of nitrogens with zero attached hydrogens (tertiary/aromatic N) is 2. The van der Waals surface area contributed by atoms with E-state index in [1.54, 1.807) is 4.68 Å². The molecule has 0 unspecified atom stereocenters. The van der Waals surface area contributed by atoms with Crippen LogP contribution in [0.15, 0.2) is 6.20 Å². The highest BCUT2D eigenvalue weighted by Gasteiger charge is 2.44. The fourth-order valence-electron chi connectivity index (χ4n) is 2.24. The number of rotatable bonds is 1. The molecule has 4 nitrogen and oxygen atoms in total. The first-order chi connectivity index (χ1) is 6.03. The second-order valence-corrected chi connectivity index (χ2v) is 4.02. The van der Waals surface area contributed by atoms with E-state index in [-0.39, 0.29) is 11.6 Å². The van der Waals surface area contributed by atoms with Gasteiger partial charge in [-0.15, -0.1) is 0 Å². The molecule has 72 valence electrons. The molecule has 1 fully saturated rings. The number of hydrogen-bond acceptors (Lipinski definition) is 3. The van der Waals surface area contributed by atoms with Crippen molar-refractivity contribution in [1.82, 2.24) is 9.78 Å². The van der Waals surface area contributed by atoms with E-state index in [4.69, 9.17) is 5.73 Å². The summed E-state index contributed by atoms with van der Waals surface area (Å²) < 4.78 is 1.81. The summed E-state index contributed by atoms with van der Waals surface area (Å²) in [5.74, 6) is 0. The Morgan fingerprint density at radius 2 is 2.31 bits per heavy atom. The summed E-state index contributed by atoms with van der Waals surface area (Å²) in [4.78, 5) is 0. The van der Waals surface area contributed by atoms with Crippen molar-refractivity contribution in [3.05, 3.63) is 17.5 Å². The van der Waals surface area contributed by atoms with Crippen LogP contribution in [-0.4, -0.2) is 21.0 Å². The molecule has 0 amide bonds. The molecule has 0 aliphatic heterocycles. The van der Waals surface area contributed by atoms with E-state index < -0.39 is 0 Å². The standard InChI is InChI=1S/C9H15N3O/c1-6-5-11-12(2)8(6)9(10)3-7(13)4-9/h5,7,13H,3-4,10H2,1-2H3. The molecular weight excluding hydrogens is 166 g/mol. The maximum Gasteiger partial charge on any atom is 0.0632 e. The van der Waals surface area contributed by atoms with E-state index in [2.05, 4.69) is 5.10 Å². The Kier molecular flexibility index (Phi) is 1.72. The molecule has 0 spiro atoms. The number of aromatic nitrogens is 2. The first kappa shape index (κ1) is 8.72. The summed E-state index contributed by atoms with van der Waals surface area (Å²) in [6.07, 6.45) is 2.87. The van der Waals surface area contributed by atoms with Crippen molar-refractivity contribution in [2.45, 2.75) is 31.4 Å². The van der Waals surface area contributed by atoms with Crippen LogP contribution in [-0.2, 0) is 12.6 Å². The van der Waals surface area contributed by atoms with Gasteiger partial charge >= 0.3 is 0 Å². The van der Waals surface area contributed by atoms with Crippen LogP contribution >= 0.6 is 0 Å². The fourth-order valence-corrected chi connectivity index (χ4v) is 2.24. The Morgan fingerprint density at radius 3 is 2.69 bits per heavy atom. The number of aryl methyl sites for hydroxylation is 2. The minimum Gasteiger partial charge on any atom is -0.393 e. The van der Waals surface area contributed by atoms with Crippen molar-refractivity contribution in [3.8, 4) is 0 Å². The zero-order valence-electron chi connectivity index (χ0n) is 7.99. The van der Waals surface area contributed by atoms with Gasteiger partial charge in [0.1, 0.15) is 0 Å². The maximum absolute atomic E-state index is 9.25. The smallest absolute Gasteiger partial charge is 0.0632 e. The highest BCUT2D eigenvalue weighted by molar-refractivity contribution is 5.27. The third-order valence-electron chi connectivity index (χ3n) is 2.79. The van der Waals surface area contributed by atoms with Crippen molar-refractivity contribution in [1.29, 1.82) is 0 Å². The van der Waals surface area contributed by atoms with Crippen LogP contribution < -0.4 is 5.73 Å². The number of hydrogen-bond donors (Lipinski definition) is 2. The Hall–Kier alpha value is -0.870. The lowest BCUT2D eigenvalue weighted by atomic mass is 9.72. The van der Waals surface area contributed by atoms with Crippen molar-refractivity contribution in [2.24, 2.45) is 12.8 Å². The van der Waals surface area contributed by atoms with Gasteiger partial charge in [-0.3, -0.25) is 4.68 Å². The quantitative estimate of drug-likeness (QED) is 0.643. The molecule has 0 aromatic carbocycles. The highest BCUT2D eigenvalue weighted by Crippen LogP contribution is 2.39. The average Bonchev–Trinajstić information content (AvgIpc) is 2.28. The Bertz CT molecular complexity index is 306. The molecule has 0 atom stereocenters. The third-order valence-corrected chi connectivity index (χ3v) is 2.79. The second-order valence-electron chi connectivity index (χ2n) is 4.02. The predicted octanol–water partition coefficient (Wildman–Crippen LogP) is 0.0372. The molecule has 1 heterocycles. The normalized spacial score (nSPS) is 33.1. The van der Waals surface area contributed by atoms with Crippen LogP contribution in [0.25, 0.3) is 0 Å². The lowest BCUT2D eigenvalue weighted by Crippen LogP contribution is -2.53. The van der Waals surface area contributed by atoms with Crippen LogP contribution in [0.4, 0.5) is 0 Å². The zero-order valence-corrected chi connectivity index (χ0v) is 7.99. The van der Waals surface area contributed by atoms with Crippen molar-refractivity contribution in [3.63, 3.8) is 0 Å². The lowest BCUT2D eigenvalue weighted by molar-refractivity contribution is 0.0167. The molecule has 1 aliphatic carbocycles. The first-order valence-electron chi connectivity index (χ1n) is 4.49. The van der Waals surface area contributed by atoms with Crippen LogP contribution in [0.5, 0.6) is 0 Å². The van der Waals surface area contributed by atoms with Gasteiger partial charge in [0.25, 0.3) is 0 Å². The SMILES string of the molecule is Cc1cnn(C)c1C1(N)CC(O)C1. The fraction of sp³-hybridized carbons (Fsp3) is 0.667. The lowest BCUT2D eigenvalue weighted by Gasteiger charge is -2.42. The Morgan fingerprint density at radius 1 is 1.69 bits per heavy atom. The van der Waals surface area contributed by atoms with E-state index in [0.29, 0.717) is 12.8 Å². The van der Waals surface area contributed by atoms with Crippen molar-refractivity contribution >= 4 is 0 Å². The van der Waals surface area contributed by atoms with Gasteiger partial charge in [0, 0.05) is 7.05 Å². The summed E-state index contributed by atoms with van der Waals surface area (Å²) in [7, 11) is 1.89. The summed E-state index contributed by atoms with van der Waals surface area (Å²) in [5.41, 5.74) is 7.95. The van der Waals surface area contributed by atoms with Gasteiger partial charge in [-0.25, -0.2) is 0 Å². The molecule has 13 heavy (non-hydrogen) atoms. The molecule has 1 aromatic heterocycles. The van der Waals surface area contributed by atoms with Crippen LogP contribution in [0.2, 0.25) is 0 Å². The van der Waals surface area contributed by atoms with E-state index >= 15 is 0 Å². The van der Waals surface area contributed by atoms with E-state index in [9.17, 15) is 5.11 Å². The zero-order chi connectivity index (χ0) is 9.64. The molecule has 0 radical (unpaired) electrons. The summed E-state index contributed by atoms with van der Waals surface area (Å²) in [5, 5.41) is 13.4. The largest absolute Gasteiger partial charge is 0.393 e. The van der Waals surface area contributed by atoms with E-state index in [1.165, 1.54) is 0 Å². The van der Waals surface area contributed by atoms with Gasteiger partial charge in [-0.1, -0.05) is 0 Å². The predicted molar refractivity (Wildman–Crippen MR) is 49.1 cm³/mol.